The van der Waals surface area contributed by atoms with E-state index in [1.54, 1.807) is 20.3 Å². The summed E-state index contributed by atoms with van der Waals surface area (Å²) in [6, 6.07) is 8.57. The van der Waals surface area contributed by atoms with Crippen LogP contribution in [0, 0.1) is 10.1 Å². The molecular formula is C14H15N3O4. The lowest BCUT2D eigenvalue weighted by Crippen LogP contribution is -2.01. The van der Waals surface area contributed by atoms with Crippen LogP contribution in [-0.2, 0) is 6.54 Å². The number of benzene rings is 1. The van der Waals surface area contributed by atoms with Crippen LogP contribution in [0.5, 0.6) is 11.5 Å². The van der Waals surface area contributed by atoms with Crippen LogP contribution in [0.4, 0.5) is 11.5 Å². The quantitative estimate of drug-likeness (QED) is 0.649. The zero-order chi connectivity index (χ0) is 15.2. The van der Waals surface area contributed by atoms with Crippen LogP contribution in [0.25, 0.3) is 0 Å². The zero-order valence-corrected chi connectivity index (χ0v) is 11.7. The topological polar surface area (TPSA) is 86.5 Å². The Morgan fingerprint density at radius 2 is 1.95 bits per heavy atom. The Morgan fingerprint density at radius 1 is 1.19 bits per heavy atom. The summed E-state index contributed by atoms with van der Waals surface area (Å²) in [5, 5.41) is 13.7. The lowest BCUT2D eigenvalue weighted by Gasteiger charge is -2.10. The zero-order valence-electron chi connectivity index (χ0n) is 11.7. The van der Waals surface area contributed by atoms with Gasteiger partial charge in [-0.3, -0.25) is 0 Å². The van der Waals surface area contributed by atoms with Gasteiger partial charge < -0.3 is 24.9 Å². The Hall–Kier alpha value is -2.83. The van der Waals surface area contributed by atoms with E-state index in [-0.39, 0.29) is 5.82 Å². The van der Waals surface area contributed by atoms with E-state index in [2.05, 4.69) is 10.3 Å². The fourth-order valence-electron chi connectivity index (χ4n) is 1.79. The molecule has 110 valence electrons. The second-order valence-corrected chi connectivity index (χ2v) is 4.21. The molecule has 0 aliphatic heterocycles. The molecule has 2 aromatic rings. The average molecular weight is 289 g/mol. The van der Waals surface area contributed by atoms with Gasteiger partial charge in [0.15, 0.2) is 17.7 Å². The number of nitro groups is 1. The Balaban J connectivity index is 2.04. The summed E-state index contributed by atoms with van der Waals surface area (Å²) in [7, 11) is 3.16. The third-order valence-electron chi connectivity index (χ3n) is 2.88. The molecule has 1 heterocycles. The molecule has 2 rings (SSSR count). The molecule has 0 spiro atoms. The minimum atomic E-state index is -0.530. The van der Waals surface area contributed by atoms with E-state index in [0.717, 1.165) is 5.56 Å². The van der Waals surface area contributed by atoms with Crippen LogP contribution in [0.2, 0.25) is 0 Å². The van der Waals surface area contributed by atoms with Gasteiger partial charge in [-0.05, 0) is 33.7 Å². The molecule has 7 nitrogen and oxygen atoms in total. The molecule has 0 unspecified atom stereocenters. The summed E-state index contributed by atoms with van der Waals surface area (Å²) in [4.78, 5) is 13.7. The second-order valence-electron chi connectivity index (χ2n) is 4.21. The highest BCUT2D eigenvalue weighted by Gasteiger charge is 2.07. The van der Waals surface area contributed by atoms with Gasteiger partial charge in [-0.1, -0.05) is 6.07 Å². The summed E-state index contributed by atoms with van der Waals surface area (Å²) in [6.07, 6.45) is 1.43. The van der Waals surface area contributed by atoms with Crippen molar-refractivity contribution in [2.45, 2.75) is 6.54 Å². The first-order chi connectivity index (χ1) is 10.1. The Bertz CT molecular complexity index is 629. The number of nitrogens with zero attached hydrogens (tertiary/aromatic N) is 2. The van der Waals surface area contributed by atoms with Crippen molar-refractivity contribution in [2.75, 3.05) is 19.5 Å². The third kappa shape index (κ3) is 3.59. The Morgan fingerprint density at radius 3 is 2.52 bits per heavy atom. The number of anilines is 1. The number of hydrogen-bond acceptors (Lipinski definition) is 6. The summed E-state index contributed by atoms with van der Waals surface area (Å²) in [5.74, 6) is 1.14. The van der Waals surface area contributed by atoms with Crippen LogP contribution >= 0.6 is 0 Å². The van der Waals surface area contributed by atoms with Crippen LogP contribution < -0.4 is 14.8 Å². The van der Waals surface area contributed by atoms with Gasteiger partial charge in [0, 0.05) is 12.6 Å². The highest BCUT2D eigenvalue weighted by molar-refractivity contribution is 5.46. The van der Waals surface area contributed by atoms with Crippen molar-refractivity contribution in [2.24, 2.45) is 0 Å². The Kier molecular flexibility index (Phi) is 4.55. The predicted molar refractivity (Wildman–Crippen MR) is 77.8 cm³/mol. The minimum absolute atomic E-state index is 0.174. The predicted octanol–water partition coefficient (Wildman–Crippen LogP) is 2.62. The fraction of sp³-hybridized carbons (Fsp3) is 0.214. The second kappa shape index (κ2) is 6.56. The van der Waals surface area contributed by atoms with Crippen molar-refractivity contribution in [3.05, 3.63) is 52.2 Å². The Labute approximate surface area is 121 Å². The van der Waals surface area contributed by atoms with E-state index >= 15 is 0 Å². The highest BCUT2D eigenvalue weighted by Crippen LogP contribution is 2.27. The smallest absolute Gasteiger partial charge is 0.363 e. The van der Waals surface area contributed by atoms with Gasteiger partial charge in [0.25, 0.3) is 0 Å². The maximum absolute atomic E-state index is 10.5. The van der Waals surface area contributed by atoms with Crippen molar-refractivity contribution < 1.29 is 14.4 Å². The number of methoxy groups -OCH3 is 2. The molecule has 0 radical (unpaired) electrons. The maximum Gasteiger partial charge on any atom is 0.363 e. The number of aromatic nitrogens is 1. The summed E-state index contributed by atoms with van der Waals surface area (Å²) in [5.41, 5.74) is 1.70. The van der Waals surface area contributed by atoms with Gasteiger partial charge in [0.1, 0.15) is 0 Å². The van der Waals surface area contributed by atoms with Gasteiger partial charge in [-0.25, -0.2) is 0 Å². The monoisotopic (exact) mass is 289 g/mol. The lowest BCUT2D eigenvalue weighted by atomic mass is 10.2. The number of ether oxygens (including phenoxy) is 2. The largest absolute Gasteiger partial charge is 0.493 e. The van der Waals surface area contributed by atoms with Crippen molar-refractivity contribution >= 4 is 11.5 Å². The summed E-state index contributed by atoms with van der Waals surface area (Å²) in [6.45, 7) is 0.542. The average Bonchev–Trinajstić information content (AvgIpc) is 2.52. The van der Waals surface area contributed by atoms with E-state index in [1.807, 2.05) is 18.2 Å². The van der Waals surface area contributed by atoms with Gasteiger partial charge in [0.05, 0.1) is 19.9 Å². The molecule has 0 aliphatic carbocycles. The molecule has 0 atom stereocenters. The number of hydrogen-bond donors (Lipinski definition) is 1. The molecule has 0 fully saturated rings. The van der Waals surface area contributed by atoms with E-state index in [4.69, 9.17) is 9.47 Å². The molecule has 0 saturated carbocycles. The standard InChI is InChI=1S/C14H15N3O4/c1-20-12-5-3-10(7-13(12)21-2)8-15-11-4-6-14(16-9-11)17(18)19/h3-7,9,15H,8H2,1-2H3. The molecule has 1 aromatic heterocycles. The van der Waals surface area contributed by atoms with Crippen LogP contribution in [0.3, 0.4) is 0 Å². The minimum Gasteiger partial charge on any atom is -0.493 e. The first kappa shape index (κ1) is 14.6. The first-order valence-electron chi connectivity index (χ1n) is 6.19. The maximum atomic E-state index is 10.5. The molecule has 0 aliphatic rings. The normalized spacial score (nSPS) is 10.0. The van der Waals surface area contributed by atoms with Gasteiger partial charge >= 0.3 is 5.82 Å². The van der Waals surface area contributed by atoms with Crippen molar-refractivity contribution in [3.8, 4) is 11.5 Å². The molecule has 0 amide bonds. The number of rotatable bonds is 6. The van der Waals surface area contributed by atoms with E-state index in [1.165, 1.54) is 12.3 Å². The van der Waals surface area contributed by atoms with Crippen LogP contribution in [0.1, 0.15) is 5.56 Å². The molecule has 1 N–H and O–H groups in total. The number of nitrogens with one attached hydrogen (secondary N) is 1. The van der Waals surface area contributed by atoms with Gasteiger partial charge in [-0.2, -0.15) is 0 Å². The first-order valence-corrected chi connectivity index (χ1v) is 6.19. The van der Waals surface area contributed by atoms with Gasteiger partial charge in [0.2, 0.25) is 0 Å². The molecule has 0 bridgehead atoms. The van der Waals surface area contributed by atoms with Crippen LogP contribution in [-0.4, -0.2) is 24.1 Å². The highest BCUT2D eigenvalue weighted by atomic mass is 16.6. The van der Waals surface area contributed by atoms with Crippen molar-refractivity contribution in [1.29, 1.82) is 0 Å². The van der Waals surface area contributed by atoms with E-state index in [9.17, 15) is 10.1 Å². The summed E-state index contributed by atoms with van der Waals surface area (Å²) >= 11 is 0. The summed E-state index contributed by atoms with van der Waals surface area (Å²) < 4.78 is 10.4. The molecule has 0 saturated heterocycles. The SMILES string of the molecule is COc1ccc(CNc2ccc([N+](=O)[O-])nc2)cc1OC. The van der Waals surface area contributed by atoms with Crippen molar-refractivity contribution in [3.63, 3.8) is 0 Å². The van der Waals surface area contributed by atoms with Crippen LogP contribution in [0.15, 0.2) is 36.5 Å². The van der Waals surface area contributed by atoms with Crippen molar-refractivity contribution in [1.82, 2.24) is 4.98 Å². The number of pyridine rings is 1. The molecule has 7 heteroatoms. The van der Waals surface area contributed by atoms with Gasteiger partial charge in [-0.15, -0.1) is 0 Å². The third-order valence-corrected chi connectivity index (χ3v) is 2.88. The fourth-order valence-corrected chi connectivity index (χ4v) is 1.79. The molecular weight excluding hydrogens is 274 g/mol. The lowest BCUT2D eigenvalue weighted by molar-refractivity contribution is -0.389. The van der Waals surface area contributed by atoms with E-state index in [0.29, 0.717) is 23.7 Å². The van der Waals surface area contributed by atoms with E-state index < -0.39 is 4.92 Å². The molecule has 1 aromatic carbocycles. The molecule has 21 heavy (non-hydrogen) atoms.